The van der Waals surface area contributed by atoms with Crippen molar-refractivity contribution in [3.05, 3.63) is 102 Å². The first-order valence-electron chi connectivity index (χ1n) is 11.8. The minimum atomic E-state index is -0.465. The number of carbonyl (C=O) groups excluding carboxylic acids is 1. The van der Waals surface area contributed by atoms with Crippen molar-refractivity contribution in [3.63, 3.8) is 0 Å². The molecule has 3 aromatic carbocycles. The number of ether oxygens (including phenoxy) is 2. The molecule has 6 nitrogen and oxygen atoms in total. The summed E-state index contributed by atoms with van der Waals surface area (Å²) in [5.41, 5.74) is 4.43. The van der Waals surface area contributed by atoms with Crippen LogP contribution in [0.15, 0.2) is 84.9 Å². The van der Waals surface area contributed by atoms with Crippen molar-refractivity contribution in [2.45, 2.75) is 37.2 Å². The molecule has 0 aliphatic carbocycles. The lowest BCUT2D eigenvalue weighted by atomic mass is 9.80. The van der Waals surface area contributed by atoms with Gasteiger partial charge in [-0.1, -0.05) is 72.8 Å². The number of hydrogen-bond donors (Lipinski definition) is 2. The van der Waals surface area contributed by atoms with E-state index in [0.29, 0.717) is 19.1 Å². The Morgan fingerprint density at radius 2 is 1.65 bits per heavy atom. The molecule has 0 spiro atoms. The molecule has 6 heteroatoms. The van der Waals surface area contributed by atoms with E-state index in [1.807, 2.05) is 36.4 Å². The van der Waals surface area contributed by atoms with Crippen LogP contribution in [0.3, 0.4) is 0 Å². The molecule has 2 N–H and O–H groups in total. The van der Waals surface area contributed by atoms with Crippen LogP contribution in [-0.2, 0) is 22.5 Å². The summed E-state index contributed by atoms with van der Waals surface area (Å²) in [7, 11) is 0. The Kier molecular flexibility index (Phi) is 6.90. The Labute approximate surface area is 200 Å². The second kappa shape index (κ2) is 10.4. The number of aliphatic hydroxyl groups excluding tert-OH is 1. The van der Waals surface area contributed by atoms with Gasteiger partial charge in [0.05, 0.1) is 25.9 Å². The number of aliphatic hydroxyl groups is 1. The number of nitrogens with zero attached hydrogens (tertiary/aromatic N) is 1. The molecular weight excluding hydrogens is 428 g/mol. The molecule has 1 amide bonds. The van der Waals surface area contributed by atoms with Gasteiger partial charge in [-0.3, -0.25) is 4.90 Å². The summed E-state index contributed by atoms with van der Waals surface area (Å²) in [5.74, 6) is 0.328. The van der Waals surface area contributed by atoms with Crippen molar-refractivity contribution in [1.29, 1.82) is 0 Å². The first-order chi connectivity index (χ1) is 16.7. The molecule has 3 aromatic rings. The maximum absolute atomic E-state index is 12.1. The van der Waals surface area contributed by atoms with Gasteiger partial charge < -0.3 is 19.9 Å². The van der Waals surface area contributed by atoms with Crippen LogP contribution in [0.2, 0.25) is 0 Å². The van der Waals surface area contributed by atoms with Gasteiger partial charge in [-0.25, -0.2) is 4.79 Å². The Morgan fingerprint density at radius 1 is 0.971 bits per heavy atom. The predicted octanol–water partition coefficient (Wildman–Crippen LogP) is 3.89. The Morgan fingerprint density at radius 3 is 2.24 bits per heavy atom. The van der Waals surface area contributed by atoms with E-state index in [0.717, 1.165) is 18.7 Å². The normalized spacial score (nSPS) is 22.8. The lowest BCUT2D eigenvalue weighted by Crippen LogP contribution is -2.58. The van der Waals surface area contributed by atoms with Gasteiger partial charge in [0, 0.05) is 30.6 Å². The highest BCUT2D eigenvalue weighted by molar-refractivity contribution is 5.89. The first-order valence-corrected chi connectivity index (χ1v) is 11.8. The lowest BCUT2D eigenvalue weighted by Gasteiger charge is -2.43. The monoisotopic (exact) mass is 458 g/mol. The highest BCUT2D eigenvalue weighted by Gasteiger charge is 2.38. The summed E-state index contributed by atoms with van der Waals surface area (Å²) in [6.45, 7) is 1.67. The van der Waals surface area contributed by atoms with E-state index in [4.69, 9.17) is 9.47 Å². The van der Waals surface area contributed by atoms with E-state index in [1.54, 1.807) is 4.90 Å². The van der Waals surface area contributed by atoms with E-state index in [2.05, 4.69) is 53.8 Å². The zero-order valence-corrected chi connectivity index (χ0v) is 19.0. The molecule has 2 aliphatic heterocycles. The minimum Gasteiger partial charge on any atom is -0.441 e. The lowest BCUT2D eigenvalue weighted by molar-refractivity contribution is -0.00956. The maximum Gasteiger partial charge on any atom is 0.414 e. The van der Waals surface area contributed by atoms with Gasteiger partial charge >= 0.3 is 6.09 Å². The third kappa shape index (κ3) is 4.99. The molecule has 5 rings (SSSR count). The molecule has 2 saturated heterocycles. The van der Waals surface area contributed by atoms with Crippen LogP contribution < -0.4 is 10.2 Å². The molecule has 2 fully saturated rings. The number of amides is 1. The van der Waals surface area contributed by atoms with E-state index < -0.39 is 12.2 Å². The van der Waals surface area contributed by atoms with Gasteiger partial charge in [-0.15, -0.1) is 0 Å². The molecule has 0 bridgehead atoms. The zero-order chi connectivity index (χ0) is 23.3. The summed E-state index contributed by atoms with van der Waals surface area (Å²) < 4.78 is 11.6. The molecular formula is C28H30N2O4. The number of carbonyl (C=O) groups is 1. The van der Waals surface area contributed by atoms with Gasteiger partial charge in [-0.05, 0) is 28.8 Å². The SMILES string of the molecule is O=C1O[C@@H](CO)CN1c1ccc(C2CNC2C(Cc2ccccc2)OCc2ccccc2)cc1. The third-order valence-corrected chi connectivity index (χ3v) is 6.70. The number of cyclic esters (lactones) is 1. The van der Waals surface area contributed by atoms with Crippen LogP contribution in [0.25, 0.3) is 0 Å². The third-order valence-electron chi connectivity index (χ3n) is 6.70. The number of anilines is 1. The second-order valence-corrected chi connectivity index (χ2v) is 8.96. The molecule has 0 saturated carbocycles. The number of nitrogens with one attached hydrogen (secondary N) is 1. The average molecular weight is 459 g/mol. The van der Waals surface area contributed by atoms with Crippen LogP contribution in [0.4, 0.5) is 10.5 Å². The molecule has 3 unspecified atom stereocenters. The highest BCUT2D eigenvalue weighted by Crippen LogP contribution is 2.33. The van der Waals surface area contributed by atoms with Gasteiger partial charge in [0.2, 0.25) is 0 Å². The fourth-order valence-corrected chi connectivity index (χ4v) is 4.73. The van der Waals surface area contributed by atoms with E-state index >= 15 is 0 Å². The molecule has 2 heterocycles. The van der Waals surface area contributed by atoms with Crippen molar-refractivity contribution >= 4 is 11.8 Å². The molecule has 0 aromatic heterocycles. The fourth-order valence-electron chi connectivity index (χ4n) is 4.73. The largest absolute Gasteiger partial charge is 0.441 e. The van der Waals surface area contributed by atoms with E-state index in [9.17, 15) is 9.90 Å². The van der Waals surface area contributed by atoms with Crippen molar-refractivity contribution in [3.8, 4) is 0 Å². The number of benzene rings is 3. The molecule has 0 radical (unpaired) electrons. The smallest absolute Gasteiger partial charge is 0.414 e. The maximum atomic E-state index is 12.1. The summed E-state index contributed by atoms with van der Waals surface area (Å²) in [4.78, 5) is 13.7. The van der Waals surface area contributed by atoms with Crippen molar-refractivity contribution in [1.82, 2.24) is 5.32 Å². The number of hydrogen-bond acceptors (Lipinski definition) is 5. The van der Waals surface area contributed by atoms with Crippen molar-refractivity contribution in [2.24, 2.45) is 0 Å². The molecule has 2 aliphatic rings. The average Bonchev–Trinajstić information content (AvgIpc) is 3.24. The van der Waals surface area contributed by atoms with Gasteiger partial charge in [0.1, 0.15) is 6.10 Å². The van der Waals surface area contributed by atoms with Gasteiger partial charge in [0.15, 0.2) is 0 Å². The minimum absolute atomic E-state index is 0.0277. The van der Waals surface area contributed by atoms with E-state index in [1.165, 1.54) is 16.7 Å². The van der Waals surface area contributed by atoms with Crippen LogP contribution in [-0.4, -0.2) is 49.1 Å². The summed E-state index contributed by atoms with van der Waals surface area (Å²) in [6.07, 6.45) is -0.0118. The topological polar surface area (TPSA) is 71.0 Å². The Bertz CT molecular complexity index is 1070. The van der Waals surface area contributed by atoms with E-state index in [-0.39, 0.29) is 18.8 Å². The predicted molar refractivity (Wildman–Crippen MR) is 131 cm³/mol. The van der Waals surface area contributed by atoms with Gasteiger partial charge in [-0.2, -0.15) is 0 Å². The van der Waals surface area contributed by atoms with Crippen molar-refractivity contribution < 1.29 is 19.4 Å². The van der Waals surface area contributed by atoms with Crippen molar-refractivity contribution in [2.75, 3.05) is 24.6 Å². The Balaban J connectivity index is 1.29. The second-order valence-electron chi connectivity index (χ2n) is 8.96. The summed E-state index contributed by atoms with van der Waals surface area (Å²) in [6, 6.07) is 29.0. The zero-order valence-electron chi connectivity index (χ0n) is 19.0. The van der Waals surface area contributed by atoms with Crippen LogP contribution >= 0.6 is 0 Å². The summed E-state index contributed by atoms with van der Waals surface area (Å²) in [5, 5.41) is 12.9. The Hall–Kier alpha value is -3.19. The quantitative estimate of drug-likeness (QED) is 0.509. The van der Waals surface area contributed by atoms with Crippen LogP contribution in [0, 0.1) is 0 Å². The standard InChI is InChI=1S/C28H30N2O4/c31-18-24-17-30(28(32)34-24)23-13-11-22(12-14-23)25-16-29-27(25)26(15-20-7-3-1-4-8-20)33-19-21-9-5-2-6-10-21/h1-14,24-27,29,31H,15-19H2/t24-,25?,26?,27?/m1/s1. The molecule has 34 heavy (non-hydrogen) atoms. The molecule has 176 valence electrons. The number of rotatable bonds is 9. The van der Waals surface area contributed by atoms with Crippen LogP contribution in [0.1, 0.15) is 22.6 Å². The first kappa shape index (κ1) is 22.6. The van der Waals surface area contributed by atoms with Gasteiger partial charge in [0.25, 0.3) is 0 Å². The molecule has 4 atom stereocenters. The highest BCUT2D eigenvalue weighted by atomic mass is 16.6. The fraction of sp³-hybridized carbons (Fsp3) is 0.321. The van der Waals surface area contributed by atoms with Crippen LogP contribution in [0.5, 0.6) is 0 Å². The summed E-state index contributed by atoms with van der Waals surface area (Å²) >= 11 is 0.